The zero-order valence-electron chi connectivity index (χ0n) is 7.31. The molecule has 2 aliphatic rings. The Kier molecular flexibility index (Phi) is 1.40. The molecule has 0 atom stereocenters. The molecule has 1 aliphatic heterocycles. The van der Waals surface area contributed by atoms with Crippen molar-refractivity contribution in [1.29, 1.82) is 0 Å². The molecule has 1 fully saturated rings. The normalized spacial score (nSPS) is 22.2. The van der Waals surface area contributed by atoms with Gasteiger partial charge in [-0.3, -0.25) is 0 Å². The maximum atomic E-state index is 5.81. The second-order valence-electron chi connectivity index (χ2n) is 4.17. The van der Waals surface area contributed by atoms with Crippen LogP contribution in [0.15, 0.2) is 12.1 Å². The van der Waals surface area contributed by atoms with Gasteiger partial charge in [-0.1, -0.05) is 17.7 Å². The molecule has 0 unspecified atom stereocenters. The summed E-state index contributed by atoms with van der Waals surface area (Å²) in [7, 11) is 0. The summed E-state index contributed by atoms with van der Waals surface area (Å²) in [5.74, 6) is 0.991. The first kappa shape index (κ1) is 7.63. The highest BCUT2D eigenvalue weighted by Crippen LogP contribution is 2.51. The van der Waals surface area contributed by atoms with E-state index in [0.717, 1.165) is 12.4 Å². The van der Waals surface area contributed by atoms with E-state index in [0.29, 0.717) is 10.6 Å². The second kappa shape index (κ2) is 2.38. The van der Waals surface area contributed by atoms with Gasteiger partial charge in [-0.25, -0.2) is 4.98 Å². The quantitative estimate of drug-likeness (QED) is 0.642. The predicted molar refractivity (Wildman–Crippen MR) is 53.1 cm³/mol. The minimum atomic E-state index is 0.572. The predicted octanol–water partition coefficient (Wildman–Crippen LogP) is 2.48. The van der Waals surface area contributed by atoms with Crippen molar-refractivity contribution in [2.24, 2.45) is 5.41 Å². The van der Waals surface area contributed by atoms with Crippen LogP contribution in [0.3, 0.4) is 0 Å². The molecular formula is C10H11ClN2. The van der Waals surface area contributed by atoms with Crippen LogP contribution in [0.4, 0.5) is 5.82 Å². The third-order valence-electron chi connectivity index (χ3n) is 3.10. The summed E-state index contributed by atoms with van der Waals surface area (Å²) in [5.41, 5.74) is 1.90. The van der Waals surface area contributed by atoms with Crippen molar-refractivity contribution in [3.63, 3.8) is 0 Å². The van der Waals surface area contributed by atoms with Crippen molar-refractivity contribution in [3.8, 4) is 0 Å². The lowest BCUT2D eigenvalue weighted by Crippen LogP contribution is -2.25. The van der Waals surface area contributed by atoms with Crippen LogP contribution in [0.25, 0.3) is 0 Å². The van der Waals surface area contributed by atoms with E-state index in [1.165, 1.54) is 24.8 Å². The summed E-state index contributed by atoms with van der Waals surface area (Å²) in [6, 6.07) is 3.97. The zero-order chi connectivity index (χ0) is 8.89. The summed E-state index contributed by atoms with van der Waals surface area (Å²) >= 11 is 5.81. The smallest absolute Gasteiger partial charge is 0.131 e. The molecule has 1 aliphatic carbocycles. The van der Waals surface area contributed by atoms with Gasteiger partial charge >= 0.3 is 0 Å². The number of fused-ring (bicyclic) bond motifs is 1. The SMILES string of the molecule is Clc1ccc2c(n1)NCC1(CC1)C2. The zero-order valence-corrected chi connectivity index (χ0v) is 8.06. The van der Waals surface area contributed by atoms with Crippen LogP contribution in [-0.4, -0.2) is 11.5 Å². The Labute approximate surface area is 82.3 Å². The Balaban J connectivity index is 2.00. The fourth-order valence-corrected chi connectivity index (χ4v) is 2.18. The molecular weight excluding hydrogens is 184 g/mol. The average molecular weight is 195 g/mol. The molecule has 1 saturated carbocycles. The van der Waals surface area contributed by atoms with Crippen molar-refractivity contribution in [2.75, 3.05) is 11.9 Å². The van der Waals surface area contributed by atoms with E-state index in [1.54, 1.807) is 0 Å². The Morgan fingerprint density at radius 2 is 2.23 bits per heavy atom. The largest absolute Gasteiger partial charge is 0.369 e. The molecule has 0 saturated heterocycles. The van der Waals surface area contributed by atoms with Gasteiger partial charge in [-0.2, -0.15) is 0 Å². The first-order chi connectivity index (χ1) is 6.27. The summed E-state index contributed by atoms with van der Waals surface area (Å²) in [4.78, 5) is 4.26. The van der Waals surface area contributed by atoms with Gasteiger partial charge in [0.1, 0.15) is 11.0 Å². The summed E-state index contributed by atoms with van der Waals surface area (Å²) in [5, 5.41) is 3.94. The van der Waals surface area contributed by atoms with E-state index < -0.39 is 0 Å². The minimum absolute atomic E-state index is 0.572. The van der Waals surface area contributed by atoms with Gasteiger partial charge in [0.05, 0.1) is 0 Å². The molecule has 0 radical (unpaired) electrons. The van der Waals surface area contributed by atoms with Crippen LogP contribution in [0.5, 0.6) is 0 Å². The van der Waals surface area contributed by atoms with Crippen LogP contribution in [0.1, 0.15) is 18.4 Å². The average Bonchev–Trinajstić information content (AvgIpc) is 2.87. The highest BCUT2D eigenvalue weighted by Gasteiger charge is 2.45. The van der Waals surface area contributed by atoms with Gasteiger partial charge in [0.15, 0.2) is 0 Å². The number of aromatic nitrogens is 1. The molecule has 0 amide bonds. The number of halogens is 1. The van der Waals surface area contributed by atoms with E-state index in [-0.39, 0.29) is 0 Å². The molecule has 2 heterocycles. The van der Waals surface area contributed by atoms with Crippen LogP contribution in [0.2, 0.25) is 5.15 Å². The summed E-state index contributed by atoms with van der Waals surface area (Å²) in [6.07, 6.45) is 3.91. The van der Waals surface area contributed by atoms with Crippen LogP contribution < -0.4 is 5.32 Å². The van der Waals surface area contributed by atoms with Gasteiger partial charge < -0.3 is 5.32 Å². The highest BCUT2D eigenvalue weighted by atomic mass is 35.5. The Morgan fingerprint density at radius 3 is 3.00 bits per heavy atom. The molecule has 68 valence electrons. The topological polar surface area (TPSA) is 24.9 Å². The van der Waals surface area contributed by atoms with Gasteiger partial charge in [0, 0.05) is 6.54 Å². The minimum Gasteiger partial charge on any atom is -0.369 e. The first-order valence-electron chi connectivity index (χ1n) is 4.67. The number of anilines is 1. The van der Waals surface area contributed by atoms with Gasteiger partial charge in [0.2, 0.25) is 0 Å². The molecule has 1 spiro atoms. The van der Waals surface area contributed by atoms with E-state index in [1.807, 2.05) is 6.07 Å². The molecule has 0 bridgehead atoms. The first-order valence-corrected chi connectivity index (χ1v) is 5.05. The number of hydrogen-bond donors (Lipinski definition) is 1. The molecule has 13 heavy (non-hydrogen) atoms. The molecule has 2 nitrogen and oxygen atoms in total. The number of rotatable bonds is 0. The van der Waals surface area contributed by atoms with E-state index in [4.69, 9.17) is 11.6 Å². The van der Waals surface area contributed by atoms with Crippen molar-refractivity contribution >= 4 is 17.4 Å². The van der Waals surface area contributed by atoms with E-state index >= 15 is 0 Å². The molecule has 3 rings (SSSR count). The third kappa shape index (κ3) is 1.20. The van der Waals surface area contributed by atoms with Crippen molar-refractivity contribution < 1.29 is 0 Å². The van der Waals surface area contributed by atoms with Gasteiger partial charge in [-0.15, -0.1) is 0 Å². The highest BCUT2D eigenvalue weighted by molar-refractivity contribution is 6.29. The Bertz CT molecular complexity index is 358. The maximum absolute atomic E-state index is 5.81. The van der Waals surface area contributed by atoms with Gasteiger partial charge in [0.25, 0.3) is 0 Å². The Hall–Kier alpha value is -0.760. The van der Waals surface area contributed by atoms with Crippen molar-refractivity contribution in [1.82, 2.24) is 4.98 Å². The molecule has 3 heteroatoms. The van der Waals surface area contributed by atoms with Crippen molar-refractivity contribution in [3.05, 3.63) is 22.8 Å². The summed E-state index contributed by atoms with van der Waals surface area (Å²) in [6.45, 7) is 1.08. The van der Waals surface area contributed by atoms with Crippen molar-refractivity contribution in [2.45, 2.75) is 19.3 Å². The number of hydrogen-bond acceptors (Lipinski definition) is 2. The van der Waals surface area contributed by atoms with Crippen LogP contribution in [-0.2, 0) is 6.42 Å². The van der Waals surface area contributed by atoms with Gasteiger partial charge in [-0.05, 0) is 36.3 Å². The Morgan fingerprint density at radius 1 is 1.38 bits per heavy atom. The standard InChI is InChI=1S/C10H11ClN2/c11-8-2-1-7-5-10(3-4-10)6-12-9(7)13-8/h1-2H,3-6H2,(H,12,13). The lowest BCUT2D eigenvalue weighted by molar-refractivity contribution is 0.520. The van der Waals surface area contributed by atoms with E-state index in [2.05, 4.69) is 16.4 Å². The van der Waals surface area contributed by atoms with Crippen LogP contribution in [0, 0.1) is 5.41 Å². The fourth-order valence-electron chi connectivity index (χ4n) is 2.03. The lowest BCUT2D eigenvalue weighted by Gasteiger charge is -2.24. The van der Waals surface area contributed by atoms with Crippen LogP contribution >= 0.6 is 11.6 Å². The second-order valence-corrected chi connectivity index (χ2v) is 4.56. The molecule has 0 aromatic carbocycles. The molecule has 1 aromatic heterocycles. The fraction of sp³-hybridized carbons (Fsp3) is 0.500. The maximum Gasteiger partial charge on any atom is 0.131 e. The summed E-state index contributed by atoms with van der Waals surface area (Å²) < 4.78 is 0. The number of nitrogens with zero attached hydrogens (tertiary/aromatic N) is 1. The number of pyridine rings is 1. The third-order valence-corrected chi connectivity index (χ3v) is 3.31. The molecule has 1 N–H and O–H groups in total. The van der Waals surface area contributed by atoms with E-state index in [9.17, 15) is 0 Å². The monoisotopic (exact) mass is 194 g/mol. The molecule has 1 aromatic rings. The number of nitrogens with one attached hydrogen (secondary N) is 1. The lowest BCUT2D eigenvalue weighted by atomic mass is 9.93.